The van der Waals surface area contributed by atoms with Gasteiger partial charge in [-0.15, -0.1) is 0 Å². The number of hydrogen-bond acceptors (Lipinski definition) is 13. The number of likely N-dealkylation sites (N-methyl/N-ethyl adjacent to an activating group) is 1. The minimum atomic E-state index is -0.487. The van der Waals surface area contributed by atoms with Gasteiger partial charge in [0, 0.05) is 83.1 Å². The van der Waals surface area contributed by atoms with E-state index in [1.807, 2.05) is 7.05 Å². The molecule has 10 rings (SSSR count). The van der Waals surface area contributed by atoms with E-state index in [0.717, 1.165) is 76.6 Å². The lowest BCUT2D eigenvalue weighted by Crippen LogP contribution is -2.66. The van der Waals surface area contributed by atoms with Crippen LogP contribution in [0.3, 0.4) is 0 Å². The molecule has 5 amide bonds. The predicted octanol–water partition coefficient (Wildman–Crippen LogP) is 8.07. The Bertz CT molecular complexity index is 2300. The zero-order valence-electron chi connectivity index (χ0n) is 52.4. The van der Waals surface area contributed by atoms with Crippen LogP contribution in [0.15, 0.2) is 48.8 Å². The van der Waals surface area contributed by atoms with Gasteiger partial charge < -0.3 is 51.7 Å². The van der Waals surface area contributed by atoms with Crippen LogP contribution in [0.4, 0.5) is 26.1 Å². The van der Waals surface area contributed by atoms with Crippen LogP contribution in [0.2, 0.25) is 0 Å². The summed E-state index contributed by atoms with van der Waals surface area (Å²) in [7, 11) is 3.42. The maximum absolute atomic E-state index is 15.4. The van der Waals surface area contributed by atoms with E-state index in [0.29, 0.717) is 62.5 Å². The Labute approximate surface area is 502 Å². The lowest BCUT2D eigenvalue weighted by atomic mass is 9.82. The highest BCUT2D eigenvalue weighted by molar-refractivity contribution is 5.84. The van der Waals surface area contributed by atoms with E-state index in [1.54, 1.807) is 27.3 Å². The molecule has 0 unspecified atom stereocenters. The quantitative estimate of drug-likeness (QED) is 0.106. The Morgan fingerprint density at radius 2 is 1.24 bits per heavy atom. The van der Waals surface area contributed by atoms with E-state index in [-0.39, 0.29) is 42.9 Å². The van der Waals surface area contributed by atoms with Crippen LogP contribution in [0.25, 0.3) is 0 Å². The Morgan fingerprint density at radius 1 is 0.738 bits per heavy atom. The summed E-state index contributed by atoms with van der Waals surface area (Å²) in [5.41, 5.74) is 7.68. The molecule has 2 aromatic carbocycles. The molecule has 5 aliphatic heterocycles. The second-order valence-electron chi connectivity index (χ2n) is 23.7. The fourth-order valence-corrected chi connectivity index (χ4v) is 10.7. The van der Waals surface area contributed by atoms with Crippen LogP contribution >= 0.6 is 0 Å². The third-order valence-electron chi connectivity index (χ3n) is 16.0. The molecule has 84 heavy (non-hydrogen) atoms. The first-order chi connectivity index (χ1) is 40.4. The van der Waals surface area contributed by atoms with Gasteiger partial charge in [0.05, 0.1) is 24.3 Å². The number of carbonyl (C=O) groups excluding carboxylic acids is 5. The number of primary amides is 1. The van der Waals surface area contributed by atoms with E-state index in [1.165, 1.54) is 103 Å². The van der Waals surface area contributed by atoms with Crippen molar-refractivity contribution in [2.24, 2.45) is 11.1 Å². The first kappa shape index (κ1) is 72.3. The number of nitrogens with two attached hydrogens (primary N) is 1. The number of amides is 5. The molecular weight excluding hydrogens is 1070 g/mol. The normalized spacial score (nSPS) is 18.3. The third-order valence-corrected chi connectivity index (χ3v) is 16.0. The van der Waals surface area contributed by atoms with Crippen molar-refractivity contribution < 1.29 is 37.9 Å². The number of anilines is 3. The summed E-state index contributed by atoms with van der Waals surface area (Å²) in [4.78, 5) is 71.4. The molecule has 1 saturated carbocycles. The smallest absolute Gasteiger partial charge is 0.245 e. The van der Waals surface area contributed by atoms with Gasteiger partial charge >= 0.3 is 0 Å². The van der Waals surface area contributed by atoms with E-state index >= 15 is 8.78 Å². The molecule has 2 aliphatic carbocycles. The van der Waals surface area contributed by atoms with Crippen LogP contribution in [0.5, 0.6) is 0 Å². The molecule has 7 N–H and O–H groups in total. The fourth-order valence-electron chi connectivity index (χ4n) is 10.7. The number of benzene rings is 2. The number of aliphatic hydroxyl groups is 1. The fraction of sp³-hybridized carbons (Fsp3) is 0.672. The highest BCUT2D eigenvalue weighted by Gasteiger charge is 2.42. The number of piperidine rings is 2. The lowest BCUT2D eigenvalue weighted by molar-refractivity contribution is -0.130. The summed E-state index contributed by atoms with van der Waals surface area (Å²) in [5.74, 6) is 0.499. The summed E-state index contributed by atoms with van der Waals surface area (Å²) in [6, 6.07) is 14.1. The van der Waals surface area contributed by atoms with Crippen molar-refractivity contribution in [3.05, 3.63) is 77.1 Å². The van der Waals surface area contributed by atoms with Gasteiger partial charge in [-0.3, -0.25) is 28.9 Å². The van der Waals surface area contributed by atoms with Crippen molar-refractivity contribution in [3.63, 3.8) is 0 Å². The van der Waals surface area contributed by atoms with Crippen molar-refractivity contribution in [2.45, 2.75) is 182 Å². The van der Waals surface area contributed by atoms with Crippen molar-refractivity contribution >= 4 is 47.9 Å². The Hall–Kier alpha value is -5.99. The van der Waals surface area contributed by atoms with Gasteiger partial charge in [-0.25, -0.2) is 18.7 Å². The zero-order chi connectivity index (χ0) is 61.8. The highest BCUT2D eigenvalue weighted by Crippen LogP contribution is 2.35. The molecule has 1 spiro atoms. The molecular formula is C64H106F2N12O6. The molecule has 0 atom stereocenters. The van der Waals surface area contributed by atoms with Crippen molar-refractivity contribution in [1.29, 1.82) is 0 Å². The number of aryl methyl sites for hydroxylation is 2. The summed E-state index contributed by atoms with van der Waals surface area (Å²) in [5, 5.41) is 18.7. The third kappa shape index (κ3) is 26.9. The number of halogens is 2. The van der Waals surface area contributed by atoms with Crippen LogP contribution in [-0.4, -0.2) is 160 Å². The molecule has 1 aromatic heterocycles. The van der Waals surface area contributed by atoms with Gasteiger partial charge in [-0.05, 0) is 120 Å². The number of nitrogens with zero attached hydrogens (tertiary/aromatic N) is 7. The second kappa shape index (κ2) is 40.3. The average molecular weight is 1180 g/mol. The predicted molar refractivity (Wildman–Crippen MR) is 335 cm³/mol. The molecule has 6 fully saturated rings. The number of hydrogen-bond donors (Lipinski definition) is 6. The summed E-state index contributed by atoms with van der Waals surface area (Å²) in [6.07, 6.45) is 26.1. The first-order valence-electron chi connectivity index (χ1n) is 31.1. The second-order valence-corrected chi connectivity index (χ2v) is 23.7. The Morgan fingerprint density at radius 3 is 1.70 bits per heavy atom. The van der Waals surface area contributed by atoms with Gasteiger partial charge in [0.25, 0.3) is 0 Å². The Kier molecular flexibility index (Phi) is 34.7. The van der Waals surface area contributed by atoms with Gasteiger partial charge in [-0.1, -0.05) is 111 Å². The standard InChI is InChI=1S/C30H41F2N7O.C10H12.C7H12N2O2.C6H12.C4H11N.C3H7NO2.C3H8.CH3NO/c1-29(2)5-11-36(12-6-29)18-22-15-24(32)25(16-23(22)31)39-19-28(40)35-30(20-39)7-13-38(14-8-30)27-17-26(33-21-34-27)37-9-3-4-10-37;1-2-6-10-8-4-3-7-9(10)5-1;10-6-8-5-7(11)9-3-1-2-4-9;1-2-4-6-5-3-1;1-4(2)5-3;1-4-3(6)2-5;1-3-2;2-1-3/h15-17,21H,3-14,18-20H2,1-2H3,(H,35,40);1-2,5-6H,3-4,7-8H2;6H,1-5H2,(H,8,10);1-6H2;4-5H,1-3H3;5H,2H2,1H3,(H,4,6);3H2,1-2H3;1H,(H2,2,3). The molecule has 18 nitrogen and oxygen atoms in total. The largest absolute Gasteiger partial charge is 0.387 e. The van der Waals surface area contributed by atoms with Crippen molar-refractivity contribution in [2.75, 3.05) is 107 Å². The average Bonchev–Trinajstić information content (AvgIpc) is 4.12. The number of piperazine rings is 1. The number of rotatable bonds is 10. The molecule has 20 heteroatoms. The number of likely N-dealkylation sites (tertiary alicyclic amines) is 2. The molecule has 3 aromatic rings. The molecule has 472 valence electrons. The number of carbonyl (C=O) groups is 5. The van der Waals surface area contributed by atoms with E-state index in [2.05, 4.69) is 124 Å². The maximum atomic E-state index is 15.4. The van der Waals surface area contributed by atoms with Gasteiger partial charge in [0.2, 0.25) is 30.5 Å². The maximum Gasteiger partial charge on any atom is 0.245 e. The van der Waals surface area contributed by atoms with Crippen LogP contribution < -0.4 is 41.7 Å². The van der Waals surface area contributed by atoms with Crippen LogP contribution in [-0.2, 0) is 43.4 Å². The SMILES string of the molecule is C1CCCCC1.CC1(C)CCN(Cc2cc(F)c(N3CC(=O)NC4(CCN(c5cc(N6CCCC6)ncn5)CC4)C3)cc2F)CC1.CCC.CNC(=O)CO.CNC(C)C.NC=O.O=CNCC(=O)N1CCCC1.c1ccc2c(c1)CCCC2. The number of aliphatic hydroxyl groups excluding tert-OH is 1. The minimum Gasteiger partial charge on any atom is -0.387 e. The molecule has 0 bridgehead atoms. The van der Waals surface area contributed by atoms with E-state index in [4.69, 9.17) is 9.90 Å². The lowest BCUT2D eigenvalue weighted by Gasteiger charge is -2.48. The Balaban J connectivity index is 0.000000336. The minimum absolute atomic E-state index is 0.0213. The van der Waals surface area contributed by atoms with Crippen molar-refractivity contribution in [3.8, 4) is 0 Å². The van der Waals surface area contributed by atoms with Gasteiger partial charge in [0.15, 0.2) is 0 Å². The van der Waals surface area contributed by atoms with Crippen LogP contribution in [0, 0.1) is 17.0 Å². The number of nitrogens with one attached hydrogen (secondary N) is 4. The van der Waals surface area contributed by atoms with Crippen LogP contribution in [0.1, 0.15) is 167 Å². The number of fused-ring (bicyclic) bond motifs is 1. The van der Waals surface area contributed by atoms with E-state index in [9.17, 15) is 19.2 Å². The topological polar surface area (TPSA) is 222 Å². The van der Waals surface area contributed by atoms with E-state index < -0.39 is 23.8 Å². The molecule has 6 heterocycles. The number of aromatic nitrogens is 2. The van der Waals surface area contributed by atoms with Crippen molar-refractivity contribution in [1.82, 2.24) is 41.0 Å². The monoisotopic (exact) mass is 1180 g/mol. The molecule has 0 radical (unpaired) electrons. The first-order valence-corrected chi connectivity index (χ1v) is 31.1. The zero-order valence-corrected chi connectivity index (χ0v) is 52.4. The summed E-state index contributed by atoms with van der Waals surface area (Å²) < 4.78 is 30.7. The summed E-state index contributed by atoms with van der Waals surface area (Å²) in [6.45, 7) is 20.5. The molecule has 7 aliphatic rings. The van der Waals surface area contributed by atoms with Gasteiger partial charge in [-0.2, -0.15) is 0 Å². The van der Waals surface area contributed by atoms with Gasteiger partial charge in [0.1, 0.15) is 36.2 Å². The molecule has 5 saturated heterocycles. The summed E-state index contributed by atoms with van der Waals surface area (Å²) >= 11 is 0. The highest BCUT2D eigenvalue weighted by atomic mass is 19.1.